The van der Waals surface area contributed by atoms with Gasteiger partial charge in [0.2, 0.25) is 5.91 Å². The summed E-state index contributed by atoms with van der Waals surface area (Å²) in [6.07, 6.45) is 1.02. The molecule has 3 rings (SSSR count). The van der Waals surface area contributed by atoms with Gasteiger partial charge in [0.15, 0.2) is 6.61 Å². The predicted octanol–water partition coefficient (Wildman–Crippen LogP) is 5.72. The van der Waals surface area contributed by atoms with E-state index in [4.69, 9.17) is 16.3 Å². The first kappa shape index (κ1) is 27.2. The van der Waals surface area contributed by atoms with E-state index in [9.17, 15) is 14.0 Å². The lowest BCUT2D eigenvalue weighted by Crippen LogP contribution is -2.53. The Morgan fingerprint density at radius 3 is 2.42 bits per heavy atom. The Bertz CT molecular complexity index is 1170. The second kappa shape index (κ2) is 13.1. The Hall–Kier alpha value is -3.38. The van der Waals surface area contributed by atoms with Crippen molar-refractivity contribution in [3.8, 4) is 5.75 Å². The lowest BCUT2D eigenvalue weighted by Gasteiger charge is -2.32. The van der Waals surface area contributed by atoms with Gasteiger partial charge in [0.1, 0.15) is 17.6 Å². The Labute approximate surface area is 217 Å². The summed E-state index contributed by atoms with van der Waals surface area (Å²) >= 11 is 6.10. The number of nitrogens with one attached hydrogen (secondary N) is 1. The van der Waals surface area contributed by atoms with Crippen LogP contribution in [-0.2, 0) is 22.6 Å². The van der Waals surface area contributed by atoms with Crippen molar-refractivity contribution in [2.45, 2.75) is 52.2 Å². The summed E-state index contributed by atoms with van der Waals surface area (Å²) in [5, 5.41) is 3.59. The molecule has 0 aliphatic carbocycles. The third kappa shape index (κ3) is 7.56. The van der Waals surface area contributed by atoms with Crippen molar-refractivity contribution in [1.29, 1.82) is 0 Å². The number of ether oxygens (including phenoxy) is 1. The molecule has 0 spiro atoms. The minimum absolute atomic E-state index is 0.0695. The number of amides is 2. The van der Waals surface area contributed by atoms with Crippen molar-refractivity contribution in [2.75, 3.05) is 6.61 Å². The molecule has 0 saturated heterocycles. The van der Waals surface area contributed by atoms with Crippen LogP contribution in [0.5, 0.6) is 5.75 Å². The van der Waals surface area contributed by atoms with Crippen molar-refractivity contribution in [1.82, 2.24) is 10.2 Å². The summed E-state index contributed by atoms with van der Waals surface area (Å²) < 4.78 is 20.4. The first-order valence-electron chi connectivity index (χ1n) is 12.0. The largest absolute Gasteiger partial charge is 0.484 e. The van der Waals surface area contributed by atoms with Crippen LogP contribution in [0.1, 0.15) is 37.0 Å². The minimum atomic E-state index is -0.857. The minimum Gasteiger partial charge on any atom is -0.484 e. The van der Waals surface area contributed by atoms with Gasteiger partial charge in [-0.05, 0) is 55.7 Å². The lowest BCUT2D eigenvalue weighted by molar-refractivity contribution is -0.143. The van der Waals surface area contributed by atoms with E-state index in [0.29, 0.717) is 16.3 Å². The van der Waals surface area contributed by atoms with Gasteiger partial charge in [0.05, 0.1) is 0 Å². The molecule has 3 aromatic carbocycles. The molecule has 0 bridgehead atoms. The Morgan fingerprint density at radius 1 is 1.06 bits per heavy atom. The monoisotopic (exact) mass is 510 g/mol. The Kier molecular flexibility index (Phi) is 9.88. The summed E-state index contributed by atoms with van der Waals surface area (Å²) in [6.45, 7) is 5.35. The maximum absolute atomic E-state index is 14.6. The third-order valence-electron chi connectivity index (χ3n) is 6.06. The Morgan fingerprint density at radius 2 is 1.75 bits per heavy atom. The number of aryl methyl sites for hydroxylation is 1. The maximum Gasteiger partial charge on any atom is 0.261 e. The van der Waals surface area contributed by atoms with Crippen molar-refractivity contribution in [3.63, 3.8) is 0 Å². The van der Waals surface area contributed by atoms with Crippen LogP contribution in [0.2, 0.25) is 5.02 Å². The zero-order valence-corrected chi connectivity index (χ0v) is 21.6. The smallest absolute Gasteiger partial charge is 0.261 e. The molecule has 1 N–H and O–H groups in total. The number of carbonyl (C=O) groups excluding carboxylic acids is 2. The number of hydrogen-bond acceptors (Lipinski definition) is 3. The highest BCUT2D eigenvalue weighted by atomic mass is 35.5. The summed E-state index contributed by atoms with van der Waals surface area (Å²) in [7, 11) is 0. The summed E-state index contributed by atoms with van der Waals surface area (Å²) in [4.78, 5) is 28.4. The van der Waals surface area contributed by atoms with E-state index in [1.165, 1.54) is 11.0 Å². The second-order valence-electron chi connectivity index (χ2n) is 8.84. The van der Waals surface area contributed by atoms with Crippen LogP contribution in [0.4, 0.5) is 4.39 Å². The molecule has 3 aromatic rings. The molecular weight excluding hydrogens is 479 g/mol. The topological polar surface area (TPSA) is 58.6 Å². The summed E-state index contributed by atoms with van der Waals surface area (Å²) in [5.74, 6) is -0.670. The SMILES string of the molecule is CC[C@@H](C)NC(=O)[C@H](Cc1ccccc1)N(Cc1ccccc1F)C(=O)COc1ccc(Cl)c(C)c1. The first-order chi connectivity index (χ1) is 17.3. The molecule has 0 saturated carbocycles. The fourth-order valence-electron chi connectivity index (χ4n) is 3.74. The van der Waals surface area contributed by atoms with E-state index >= 15 is 0 Å². The molecule has 5 nitrogen and oxygen atoms in total. The second-order valence-corrected chi connectivity index (χ2v) is 9.24. The van der Waals surface area contributed by atoms with Gasteiger partial charge < -0.3 is 15.0 Å². The van der Waals surface area contributed by atoms with Crippen LogP contribution in [0, 0.1) is 12.7 Å². The number of hydrogen-bond donors (Lipinski definition) is 1. The van der Waals surface area contributed by atoms with Gasteiger partial charge in [-0.2, -0.15) is 0 Å². The average Bonchev–Trinajstić information content (AvgIpc) is 2.88. The van der Waals surface area contributed by atoms with E-state index in [1.807, 2.05) is 51.1 Å². The zero-order chi connectivity index (χ0) is 26.1. The van der Waals surface area contributed by atoms with Crippen molar-refractivity contribution in [2.24, 2.45) is 0 Å². The normalized spacial score (nSPS) is 12.5. The average molecular weight is 511 g/mol. The highest BCUT2D eigenvalue weighted by molar-refractivity contribution is 6.31. The molecule has 0 radical (unpaired) electrons. The van der Waals surface area contributed by atoms with Crippen LogP contribution in [-0.4, -0.2) is 35.4 Å². The van der Waals surface area contributed by atoms with Crippen LogP contribution in [0.3, 0.4) is 0 Å². The highest BCUT2D eigenvalue weighted by Crippen LogP contribution is 2.22. The third-order valence-corrected chi connectivity index (χ3v) is 6.49. The first-order valence-corrected chi connectivity index (χ1v) is 12.4. The summed E-state index contributed by atoms with van der Waals surface area (Å²) in [6, 6.07) is 19.9. The summed E-state index contributed by atoms with van der Waals surface area (Å²) in [5.41, 5.74) is 2.03. The van der Waals surface area contributed by atoms with Crippen molar-refractivity contribution >= 4 is 23.4 Å². The van der Waals surface area contributed by atoms with E-state index < -0.39 is 17.8 Å². The van der Waals surface area contributed by atoms with Crippen LogP contribution in [0.15, 0.2) is 72.8 Å². The Balaban J connectivity index is 1.92. The van der Waals surface area contributed by atoms with E-state index in [1.54, 1.807) is 36.4 Å². The van der Waals surface area contributed by atoms with E-state index in [0.717, 1.165) is 17.5 Å². The predicted molar refractivity (Wildman–Crippen MR) is 140 cm³/mol. The van der Waals surface area contributed by atoms with Gasteiger partial charge in [-0.15, -0.1) is 0 Å². The molecule has 0 aliphatic heterocycles. The van der Waals surface area contributed by atoms with Crippen LogP contribution in [0.25, 0.3) is 0 Å². The quantitative estimate of drug-likeness (QED) is 0.359. The molecule has 0 fully saturated rings. The van der Waals surface area contributed by atoms with Crippen molar-refractivity contribution in [3.05, 3.63) is 100 Å². The molecular formula is C29H32ClFN2O3. The van der Waals surface area contributed by atoms with Gasteiger partial charge in [-0.25, -0.2) is 4.39 Å². The van der Waals surface area contributed by atoms with Gasteiger partial charge in [-0.3, -0.25) is 9.59 Å². The number of carbonyl (C=O) groups is 2. The highest BCUT2D eigenvalue weighted by Gasteiger charge is 2.31. The number of halogens is 2. The van der Waals surface area contributed by atoms with Crippen LogP contribution < -0.4 is 10.1 Å². The molecule has 0 aliphatic rings. The van der Waals surface area contributed by atoms with E-state index in [-0.39, 0.29) is 31.5 Å². The van der Waals surface area contributed by atoms with Gasteiger partial charge in [0, 0.05) is 29.6 Å². The molecule has 2 atom stereocenters. The maximum atomic E-state index is 14.6. The van der Waals surface area contributed by atoms with Crippen LogP contribution >= 0.6 is 11.6 Å². The fourth-order valence-corrected chi connectivity index (χ4v) is 3.86. The van der Waals surface area contributed by atoms with E-state index in [2.05, 4.69) is 5.32 Å². The molecule has 0 heterocycles. The molecule has 0 unspecified atom stereocenters. The lowest BCUT2D eigenvalue weighted by atomic mass is 10.0. The van der Waals surface area contributed by atoms with Crippen molar-refractivity contribution < 1.29 is 18.7 Å². The molecule has 0 aromatic heterocycles. The molecule has 36 heavy (non-hydrogen) atoms. The van der Waals surface area contributed by atoms with Gasteiger partial charge in [0.25, 0.3) is 5.91 Å². The number of nitrogens with zero attached hydrogens (tertiary/aromatic N) is 1. The fraction of sp³-hybridized carbons (Fsp3) is 0.310. The van der Waals surface area contributed by atoms with Gasteiger partial charge in [-0.1, -0.05) is 67.1 Å². The van der Waals surface area contributed by atoms with Gasteiger partial charge >= 0.3 is 0 Å². The number of rotatable bonds is 11. The standard InChI is InChI=1S/C29H32ClFN2O3/c1-4-21(3)32-29(35)27(17-22-10-6-5-7-11-22)33(18-23-12-8-9-13-26(23)31)28(34)19-36-24-14-15-25(30)20(2)16-24/h5-16,21,27H,4,17-19H2,1-3H3,(H,32,35)/t21-,27+/m1/s1. The number of benzene rings is 3. The molecule has 2 amide bonds. The molecule has 7 heteroatoms. The molecule has 190 valence electrons. The zero-order valence-electron chi connectivity index (χ0n) is 20.8.